The summed E-state index contributed by atoms with van der Waals surface area (Å²) in [6.07, 6.45) is 1.92. The van der Waals surface area contributed by atoms with Crippen molar-refractivity contribution in [2.24, 2.45) is 5.73 Å². The molecule has 0 spiro atoms. The van der Waals surface area contributed by atoms with Crippen LogP contribution >= 0.6 is 0 Å². The summed E-state index contributed by atoms with van der Waals surface area (Å²) in [5, 5.41) is 8.74. The number of likely N-dealkylation sites (N-methyl/N-ethyl adjacent to an activating group) is 1. The van der Waals surface area contributed by atoms with Gasteiger partial charge in [-0.2, -0.15) is 0 Å². The lowest BCUT2D eigenvalue weighted by Gasteiger charge is -2.32. The molecular weight excluding hydrogens is 192 g/mol. The van der Waals surface area contributed by atoms with E-state index < -0.39 is 5.54 Å². The van der Waals surface area contributed by atoms with Crippen LogP contribution in [0.1, 0.15) is 40.0 Å². The molecule has 1 amide bonds. The van der Waals surface area contributed by atoms with Gasteiger partial charge in [0.1, 0.15) is 0 Å². The zero-order valence-electron chi connectivity index (χ0n) is 10.1. The third-order valence-electron chi connectivity index (χ3n) is 2.94. The Morgan fingerprint density at radius 2 is 1.87 bits per heavy atom. The molecule has 0 bridgehead atoms. The van der Waals surface area contributed by atoms with Crippen LogP contribution in [0.15, 0.2) is 0 Å². The number of carbonyl (C=O) groups is 1. The fourth-order valence-electron chi connectivity index (χ4n) is 1.53. The fraction of sp³-hybridized carbons (Fsp3) is 0.909. The predicted molar refractivity (Wildman–Crippen MR) is 61.5 cm³/mol. The summed E-state index contributed by atoms with van der Waals surface area (Å²) in [5.41, 5.74) is 5.30. The molecule has 0 aliphatic heterocycles. The monoisotopic (exact) mass is 216 g/mol. The molecule has 0 aliphatic rings. The first-order valence-corrected chi connectivity index (χ1v) is 5.74. The van der Waals surface area contributed by atoms with E-state index in [1.54, 1.807) is 4.90 Å². The average molecular weight is 216 g/mol. The molecule has 0 aromatic heterocycles. The Morgan fingerprint density at radius 3 is 2.20 bits per heavy atom. The number of rotatable bonds is 7. The molecule has 4 heteroatoms. The fourth-order valence-corrected chi connectivity index (χ4v) is 1.53. The SMILES string of the molecule is CCN(CCCO)C(=O)C(N)(CC)CC. The molecule has 0 fully saturated rings. The van der Waals surface area contributed by atoms with Crippen LogP contribution in [-0.4, -0.2) is 41.1 Å². The summed E-state index contributed by atoms with van der Waals surface area (Å²) in [5.74, 6) is 0.00319. The summed E-state index contributed by atoms with van der Waals surface area (Å²) >= 11 is 0. The first-order chi connectivity index (χ1) is 7.05. The van der Waals surface area contributed by atoms with Gasteiger partial charge in [-0.05, 0) is 26.2 Å². The highest BCUT2D eigenvalue weighted by molar-refractivity contribution is 5.86. The van der Waals surface area contributed by atoms with Gasteiger partial charge in [0.15, 0.2) is 0 Å². The van der Waals surface area contributed by atoms with Gasteiger partial charge in [0.2, 0.25) is 5.91 Å². The van der Waals surface area contributed by atoms with Crippen LogP contribution in [0.5, 0.6) is 0 Å². The number of carbonyl (C=O) groups excluding carboxylic acids is 1. The largest absolute Gasteiger partial charge is 0.396 e. The Labute approximate surface area is 92.4 Å². The molecular formula is C11H24N2O2. The maximum Gasteiger partial charge on any atom is 0.242 e. The summed E-state index contributed by atoms with van der Waals surface area (Å²) in [7, 11) is 0. The van der Waals surface area contributed by atoms with Gasteiger partial charge in [-0.25, -0.2) is 0 Å². The van der Waals surface area contributed by atoms with E-state index in [1.165, 1.54) is 0 Å². The van der Waals surface area contributed by atoms with Gasteiger partial charge in [-0.1, -0.05) is 13.8 Å². The number of hydrogen-bond acceptors (Lipinski definition) is 3. The Kier molecular flexibility index (Phi) is 6.52. The first kappa shape index (κ1) is 14.4. The number of hydrogen-bond donors (Lipinski definition) is 2. The van der Waals surface area contributed by atoms with Crippen molar-refractivity contribution in [3.05, 3.63) is 0 Å². The highest BCUT2D eigenvalue weighted by atomic mass is 16.3. The van der Waals surface area contributed by atoms with Crippen LogP contribution < -0.4 is 5.73 Å². The number of nitrogens with zero attached hydrogens (tertiary/aromatic N) is 1. The highest BCUT2D eigenvalue weighted by Crippen LogP contribution is 2.15. The van der Waals surface area contributed by atoms with Crippen molar-refractivity contribution in [2.45, 2.75) is 45.6 Å². The highest BCUT2D eigenvalue weighted by Gasteiger charge is 2.33. The molecule has 0 heterocycles. The molecule has 3 N–H and O–H groups in total. The van der Waals surface area contributed by atoms with E-state index in [-0.39, 0.29) is 12.5 Å². The van der Waals surface area contributed by atoms with Crippen LogP contribution in [0.25, 0.3) is 0 Å². The van der Waals surface area contributed by atoms with Crippen LogP contribution in [0, 0.1) is 0 Å². The molecule has 15 heavy (non-hydrogen) atoms. The maximum atomic E-state index is 12.1. The Balaban J connectivity index is 4.48. The van der Waals surface area contributed by atoms with E-state index in [2.05, 4.69) is 0 Å². The summed E-state index contributed by atoms with van der Waals surface area (Å²) < 4.78 is 0. The normalized spacial score (nSPS) is 11.5. The molecule has 0 rings (SSSR count). The minimum Gasteiger partial charge on any atom is -0.396 e. The number of aliphatic hydroxyl groups excluding tert-OH is 1. The third-order valence-corrected chi connectivity index (χ3v) is 2.94. The molecule has 0 saturated heterocycles. The maximum absolute atomic E-state index is 12.1. The number of nitrogens with two attached hydrogens (primary N) is 1. The van der Waals surface area contributed by atoms with Gasteiger partial charge in [0.25, 0.3) is 0 Å². The first-order valence-electron chi connectivity index (χ1n) is 5.74. The van der Waals surface area contributed by atoms with Crippen molar-refractivity contribution in [2.75, 3.05) is 19.7 Å². The van der Waals surface area contributed by atoms with Gasteiger partial charge >= 0.3 is 0 Å². The molecule has 0 aromatic carbocycles. The van der Waals surface area contributed by atoms with E-state index in [9.17, 15) is 4.79 Å². The van der Waals surface area contributed by atoms with Gasteiger partial charge in [0.05, 0.1) is 5.54 Å². The number of amides is 1. The lowest BCUT2D eigenvalue weighted by molar-refractivity contribution is -0.137. The van der Waals surface area contributed by atoms with Crippen molar-refractivity contribution >= 4 is 5.91 Å². The minimum absolute atomic E-state index is 0.00319. The lowest BCUT2D eigenvalue weighted by Crippen LogP contribution is -2.54. The Hall–Kier alpha value is -0.610. The molecule has 0 saturated carbocycles. The second kappa shape index (κ2) is 6.80. The van der Waals surface area contributed by atoms with Gasteiger partial charge < -0.3 is 15.7 Å². The molecule has 0 aromatic rings. The summed E-state index contributed by atoms with van der Waals surface area (Å²) in [4.78, 5) is 13.8. The van der Waals surface area contributed by atoms with Crippen molar-refractivity contribution in [1.82, 2.24) is 4.90 Å². The van der Waals surface area contributed by atoms with Crippen molar-refractivity contribution in [3.8, 4) is 0 Å². The van der Waals surface area contributed by atoms with Crippen molar-refractivity contribution in [1.29, 1.82) is 0 Å². The number of aliphatic hydroxyl groups is 1. The van der Waals surface area contributed by atoms with E-state index in [1.807, 2.05) is 20.8 Å². The molecule has 4 nitrogen and oxygen atoms in total. The molecule has 0 atom stereocenters. The Bertz CT molecular complexity index is 191. The van der Waals surface area contributed by atoms with Crippen molar-refractivity contribution in [3.63, 3.8) is 0 Å². The quantitative estimate of drug-likeness (QED) is 0.659. The third kappa shape index (κ3) is 3.80. The lowest BCUT2D eigenvalue weighted by atomic mass is 9.92. The van der Waals surface area contributed by atoms with Crippen LogP contribution in [0.2, 0.25) is 0 Å². The Morgan fingerprint density at radius 1 is 1.33 bits per heavy atom. The standard InChI is InChI=1S/C11H24N2O2/c1-4-11(12,5-2)10(15)13(6-3)8-7-9-14/h14H,4-9,12H2,1-3H3. The van der Waals surface area contributed by atoms with Gasteiger partial charge in [-0.3, -0.25) is 4.79 Å². The molecule has 90 valence electrons. The van der Waals surface area contributed by atoms with Crippen LogP contribution in [0.4, 0.5) is 0 Å². The second-order valence-electron chi connectivity index (χ2n) is 3.83. The molecule has 0 aliphatic carbocycles. The zero-order chi connectivity index (χ0) is 11.9. The second-order valence-corrected chi connectivity index (χ2v) is 3.83. The van der Waals surface area contributed by atoms with E-state index in [0.29, 0.717) is 32.4 Å². The van der Waals surface area contributed by atoms with Crippen molar-refractivity contribution < 1.29 is 9.90 Å². The zero-order valence-corrected chi connectivity index (χ0v) is 10.1. The predicted octanol–water partition coefficient (Wildman–Crippen LogP) is 0.735. The average Bonchev–Trinajstić information content (AvgIpc) is 2.28. The van der Waals surface area contributed by atoms with E-state index in [0.717, 1.165) is 0 Å². The van der Waals surface area contributed by atoms with Crippen LogP contribution in [-0.2, 0) is 4.79 Å². The molecule has 0 radical (unpaired) electrons. The minimum atomic E-state index is -0.731. The smallest absolute Gasteiger partial charge is 0.242 e. The van der Waals surface area contributed by atoms with Crippen LogP contribution in [0.3, 0.4) is 0 Å². The topological polar surface area (TPSA) is 66.6 Å². The molecule has 0 unspecified atom stereocenters. The summed E-state index contributed by atoms with van der Waals surface area (Å²) in [6, 6.07) is 0. The summed E-state index contributed by atoms with van der Waals surface area (Å²) in [6.45, 7) is 7.14. The van der Waals surface area contributed by atoms with Gasteiger partial charge in [-0.15, -0.1) is 0 Å². The van der Waals surface area contributed by atoms with Gasteiger partial charge in [0, 0.05) is 19.7 Å². The van der Waals surface area contributed by atoms with E-state index in [4.69, 9.17) is 10.8 Å². The van der Waals surface area contributed by atoms with E-state index >= 15 is 0 Å².